The van der Waals surface area contributed by atoms with E-state index in [0.29, 0.717) is 54.8 Å². The molecule has 0 aliphatic carbocycles. The molecule has 0 spiro atoms. The summed E-state index contributed by atoms with van der Waals surface area (Å²) in [4.78, 5) is 30.7. The number of hydrogen-bond donors (Lipinski definition) is 0. The van der Waals surface area contributed by atoms with Crippen molar-refractivity contribution in [2.24, 2.45) is 0 Å². The smallest absolute Gasteiger partial charge is 0.254 e. The number of fused-ring (bicyclic) bond motifs is 1. The highest BCUT2D eigenvalue weighted by Crippen LogP contribution is 2.40. The van der Waals surface area contributed by atoms with Crippen molar-refractivity contribution in [1.29, 1.82) is 0 Å². The van der Waals surface area contributed by atoms with Crippen molar-refractivity contribution < 1.29 is 19.1 Å². The van der Waals surface area contributed by atoms with Gasteiger partial charge in [-0.2, -0.15) is 0 Å². The van der Waals surface area contributed by atoms with Crippen LogP contribution < -0.4 is 9.47 Å². The maximum Gasteiger partial charge on any atom is 0.254 e. The molecule has 7 nitrogen and oxygen atoms in total. The van der Waals surface area contributed by atoms with Gasteiger partial charge in [0.1, 0.15) is 0 Å². The van der Waals surface area contributed by atoms with E-state index in [1.165, 1.54) is 0 Å². The molecule has 0 bridgehead atoms. The minimum Gasteiger partial charge on any atom is -0.454 e. The average Bonchev–Trinajstić information content (AvgIpc) is 3.12. The molecule has 1 saturated heterocycles. The van der Waals surface area contributed by atoms with Gasteiger partial charge in [-0.25, -0.2) is 0 Å². The van der Waals surface area contributed by atoms with Crippen molar-refractivity contribution in [2.75, 3.05) is 52.6 Å². The Balaban J connectivity index is 1.57. The first-order valence-corrected chi connectivity index (χ1v) is 9.29. The van der Waals surface area contributed by atoms with Gasteiger partial charge in [0.25, 0.3) is 5.91 Å². The summed E-state index contributed by atoms with van der Waals surface area (Å²) in [6.45, 7) is 8.44. The van der Waals surface area contributed by atoms with Gasteiger partial charge in [-0.1, -0.05) is 11.6 Å². The van der Waals surface area contributed by atoms with Crippen LogP contribution >= 0.6 is 11.6 Å². The Labute approximate surface area is 158 Å². The number of benzene rings is 1. The third kappa shape index (κ3) is 3.88. The summed E-state index contributed by atoms with van der Waals surface area (Å²) in [5.41, 5.74) is 0.493. The van der Waals surface area contributed by atoms with Gasteiger partial charge < -0.3 is 19.3 Å². The molecular weight excluding hydrogens is 358 g/mol. The van der Waals surface area contributed by atoms with Crippen LogP contribution in [0, 0.1) is 0 Å². The van der Waals surface area contributed by atoms with Gasteiger partial charge in [0, 0.05) is 44.8 Å². The highest BCUT2D eigenvalue weighted by Gasteiger charge is 2.27. The molecule has 142 valence electrons. The zero-order valence-corrected chi connectivity index (χ0v) is 15.9. The van der Waals surface area contributed by atoms with Gasteiger partial charge >= 0.3 is 0 Å². The number of carbonyl (C=O) groups excluding carboxylic acids is 2. The van der Waals surface area contributed by atoms with E-state index in [2.05, 4.69) is 4.90 Å². The number of nitrogens with zero attached hydrogens (tertiary/aromatic N) is 3. The fraction of sp³-hybridized carbons (Fsp3) is 0.556. The number of carbonyl (C=O) groups is 2. The molecule has 0 N–H and O–H groups in total. The van der Waals surface area contributed by atoms with E-state index in [-0.39, 0.29) is 18.6 Å². The quantitative estimate of drug-likeness (QED) is 0.776. The molecular formula is C18H24ClN3O4. The Kier molecular flexibility index (Phi) is 5.88. The molecule has 2 heterocycles. The number of rotatable bonds is 5. The minimum atomic E-state index is -0.0834. The van der Waals surface area contributed by atoms with Crippen LogP contribution in [0.4, 0.5) is 0 Å². The molecule has 1 aromatic carbocycles. The largest absolute Gasteiger partial charge is 0.454 e. The maximum absolute atomic E-state index is 12.8. The van der Waals surface area contributed by atoms with Gasteiger partial charge in [0.2, 0.25) is 12.7 Å². The highest BCUT2D eigenvalue weighted by atomic mass is 35.5. The third-order valence-corrected chi connectivity index (χ3v) is 5.09. The van der Waals surface area contributed by atoms with Crippen LogP contribution in [0.3, 0.4) is 0 Å². The van der Waals surface area contributed by atoms with Crippen LogP contribution in [0.15, 0.2) is 12.1 Å². The molecule has 0 aromatic heterocycles. The Morgan fingerprint density at radius 2 is 1.81 bits per heavy atom. The van der Waals surface area contributed by atoms with Crippen LogP contribution in [0.5, 0.6) is 11.5 Å². The molecule has 1 aromatic rings. The molecule has 1 fully saturated rings. The third-order valence-electron chi connectivity index (χ3n) is 4.81. The summed E-state index contributed by atoms with van der Waals surface area (Å²) in [7, 11) is 0. The van der Waals surface area contributed by atoms with Crippen LogP contribution in [0.1, 0.15) is 24.2 Å². The lowest BCUT2D eigenvalue weighted by Gasteiger charge is -2.35. The lowest BCUT2D eigenvalue weighted by Crippen LogP contribution is -2.51. The summed E-state index contributed by atoms with van der Waals surface area (Å²) in [6, 6.07) is 3.29. The van der Waals surface area contributed by atoms with Crippen molar-refractivity contribution in [3.8, 4) is 11.5 Å². The Morgan fingerprint density at radius 3 is 2.46 bits per heavy atom. The monoisotopic (exact) mass is 381 g/mol. The first kappa shape index (κ1) is 18.8. The number of piperazine rings is 1. The van der Waals surface area contributed by atoms with Crippen LogP contribution in [0.25, 0.3) is 0 Å². The number of likely N-dealkylation sites (N-methyl/N-ethyl adjacent to an activating group) is 1. The Hall–Kier alpha value is -1.99. The molecule has 0 saturated carbocycles. The van der Waals surface area contributed by atoms with E-state index in [9.17, 15) is 9.59 Å². The van der Waals surface area contributed by atoms with E-state index >= 15 is 0 Å². The first-order valence-electron chi connectivity index (χ1n) is 8.92. The summed E-state index contributed by atoms with van der Waals surface area (Å²) in [5, 5.41) is 0.381. The van der Waals surface area contributed by atoms with E-state index in [4.69, 9.17) is 21.1 Å². The van der Waals surface area contributed by atoms with Crippen molar-refractivity contribution in [2.45, 2.75) is 13.8 Å². The fourth-order valence-corrected chi connectivity index (χ4v) is 3.52. The van der Waals surface area contributed by atoms with Crippen LogP contribution in [0.2, 0.25) is 5.02 Å². The van der Waals surface area contributed by atoms with Gasteiger partial charge in [0.15, 0.2) is 11.5 Å². The topological polar surface area (TPSA) is 62.3 Å². The normalized spacial score (nSPS) is 16.7. The summed E-state index contributed by atoms with van der Waals surface area (Å²) in [6.07, 6.45) is 0. The zero-order valence-electron chi connectivity index (χ0n) is 15.2. The summed E-state index contributed by atoms with van der Waals surface area (Å²) < 4.78 is 10.6. The molecule has 2 aliphatic rings. The zero-order chi connectivity index (χ0) is 18.7. The standard InChI is InChI=1S/C18H24ClN3O4/c1-3-21(4-2)16(23)11-20-5-7-22(8-6-20)18(24)13-9-14(19)17-15(10-13)25-12-26-17/h9-10H,3-8,11-12H2,1-2H3. The predicted octanol–water partition coefficient (Wildman–Crippen LogP) is 1.69. The number of halogens is 1. The lowest BCUT2D eigenvalue weighted by molar-refractivity contribution is -0.132. The predicted molar refractivity (Wildman–Crippen MR) is 97.8 cm³/mol. The summed E-state index contributed by atoms with van der Waals surface area (Å²) >= 11 is 6.17. The highest BCUT2D eigenvalue weighted by molar-refractivity contribution is 6.32. The first-order chi connectivity index (χ1) is 12.5. The molecule has 0 radical (unpaired) electrons. The van der Waals surface area contributed by atoms with Crippen molar-refractivity contribution >= 4 is 23.4 Å². The SMILES string of the molecule is CCN(CC)C(=O)CN1CCN(C(=O)c2cc(Cl)c3c(c2)OCO3)CC1. The van der Waals surface area contributed by atoms with Crippen LogP contribution in [-0.2, 0) is 4.79 Å². The number of hydrogen-bond acceptors (Lipinski definition) is 5. The molecule has 3 rings (SSSR count). The Bertz CT molecular complexity index is 685. The van der Waals surface area contributed by atoms with E-state index in [0.717, 1.165) is 13.1 Å². The van der Waals surface area contributed by atoms with E-state index in [1.807, 2.05) is 18.7 Å². The minimum absolute atomic E-state index is 0.0834. The van der Waals surface area contributed by atoms with Crippen molar-refractivity contribution in [3.05, 3.63) is 22.7 Å². The second kappa shape index (κ2) is 8.14. The maximum atomic E-state index is 12.8. The van der Waals surface area contributed by atoms with Crippen LogP contribution in [-0.4, -0.2) is 79.1 Å². The van der Waals surface area contributed by atoms with Gasteiger partial charge in [-0.05, 0) is 26.0 Å². The average molecular weight is 382 g/mol. The fourth-order valence-electron chi connectivity index (χ4n) is 3.25. The molecule has 0 unspecified atom stereocenters. The number of amides is 2. The van der Waals surface area contributed by atoms with E-state index < -0.39 is 0 Å². The molecule has 0 atom stereocenters. The molecule has 26 heavy (non-hydrogen) atoms. The van der Waals surface area contributed by atoms with Crippen molar-refractivity contribution in [1.82, 2.24) is 14.7 Å². The van der Waals surface area contributed by atoms with Gasteiger partial charge in [-0.15, -0.1) is 0 Å². The van der Waals surface area contributed by atoms with Crippen molar-refractivity contribution in [3.63, 3.8) is 0 Å². The van der Waals surface area contributed by atoms with Gasteiger partial charge in [-0.3, -0.25) is 14.5 Å². The van der Waals surface area contributed by atoms with E-state index in [1.54, 1.807) is 17.0 Å². The lowest BCUT2D eigenvalue weighted by atomic mass is 10.1. The molecule has 2 aliphatic heterocycles. The van der Waals surface area contributed by atoms with Gasteiger partial charge in [0.05, 0.1) is 11.6 Å². The molecule has 8 heteroatoms. The second-order valence-electron chi connectivity index (χ2n) is 6.33. The second-order valence-corrected chi connectivity index (χ2v) is 6.73. The molecule has 2 amide bonds. The Morgan fingerprint density at radius 1 is 1.12 bits per heavy atom. The number of ether oxygens (including phenoxy) is 2. The summed E-state index contributed by atoms with van der Waals surface area (Å²) in [5.74, 6) is 1.05.